The normalized spacial score (nSPS) is 11.6. The number of anilines is 1. The topological polar surface area (TPSA) is 119 Å². The van der Waals surface area contributed by atoms with E-state index in [1.54, 1.807) is 0 Å². The van der Waals surface area contributed by atoms with Gasteiger partial charge >= 0.3 is 5.97 Å². The summed E-state index contributed by atoms with van der Waals surface area (Å²) in [5.74, 6) is -1.86. The monoisotopic (exact) mass is 268 g/mol. The van der Waals surface area contributed by atoms with E-state index in [1.165, 1.54) is 31.2 Å². The number of nitro benzene ring substituents is 1. The van der Waals surface area contributed by atoms with Gasteiger partial charge in [0, 0.05) is 6.07 Å². The van der Waals surface area contributed by atoms with Gasteiger partial charge in [-0.05, 0) is 13.0 Å². The van der Waals surface area contributed by atoms with E-state index in [1.807, 2.05) is 0 Å². The number of para-hydroxylation sites is 2. The van der Waals surface area contributed by atoms with Crippen LogP contribution in [-0.2, 0) is 14.3 Å². The highest BCUT2D eigenvalue weighted by atomic mass is 16.6. The summed E-state index contributed by atoms with van der Waals surface area (Å²) >= 11 is 0. The van der Waals surface area contributed by atoms with Crippen molar-refractivity contribution < 1.29 is 24.4 Å². The molecule has 0 heterocycles. The van der Waals surface area contributed by atoms with E-state index < -0.39 is 29.5 Å². The van der Waals surface area contributed by atoms with Gasteiger partial charge in [0.25, 0.3) is 11.6 Å². The third kappa shape index (κ3) is 4.36. The highest BCUT2D eigenvalue weighted by Gasteiger charge is 2.17. The fourth-order valence-electron chi connectivity index (χ4n) is 1.20. The van der Waals surface area contributed by atoms with Gasteiger partial charge in [-0.2, -0.15) is 0 Å². The lowest BCUT2D eigenvalue weighted by Gasteiger charge is -2.09. The molecule has 8 nitrogen and oxygen atoms in total. The van der Waals surface area contributed by atoms with E-state index in [0.717, 1.165) is 0 Å². The Hall–Kier alpha value is -2.48. The number of aliphatic carboxylic acids is 1. The van der Waals surface area contributed by atoms with Gasteiger partial charge in [-0.25, -0.2) is 4.79 Å². The Morgan fingerprint density at radius 2 is 2.11 bits per heavy atom. The van der Waals surface area contributed by atoms with E-state index in [4.69, 9.17) is 9.84 Å². The smallest absolute Gasteiger partial charge is 0.332 e. The molecule has 0 aliphatic carbocycles. The summed E-state index contributed by atoms with van der Waals surface area (Å²) in [4.78, 5) is 32.0. The molecule has 0 radical (unpaired) electrons. The van der Waals surface area contributed by atoms with Gasteiger partial charge in [0.2, 0.25) is 0 Å². The first kappa shape index (κ1) is 14.6. The molecule has 0 aromatic heterocycles. The summed E-state index contributed by atoms with van der Waals surface area (Å²) in [7, 11) is 0. The van der Waals surface area contributed by atoms with Crippen molar-refractivity contribution in [2.24, 2.45) is 0 Å². The number of benzene rings is 1. The number of carboxylic acid groups (broad SMARTS) is 1. The molecular formula is C11H12N2O6. The van der Waals surface area contributed by atoms with Crippen LogP contribution in [0.25, 0.3) is 0 Å². The van der Waals surface area contributed by atoms with Crippen LogP contribution in [0.5, 0.6) is 0 Å². The van der Waals surface area contributed by atoms with Crippen molar-refractivity contribution in [1.29, 1.82) is 0 Å². The molecule has 102 valence electrons. The molecule has 1 atom stereocenters. The van der Waals surface area contributed by atoms with Gasteiger partial charge in [-0.1, -0.05) is 12.1 Å². The lowest BCUT2D eigenvalue weighted by atomic mass is 10.2. The minimum atomic E-state index is -1.20. The van der Waals surface area contributed by atoms with E-state index in [-0.39, 0.29) is 11.4 Å². The average molecular weight is 268 g/mol. The van der Waals surface area contributed by atoms with Crippen molar-refractivity contribution in [3.8, 4) is 0 Å². The largest absolute Gasteiger partial charge is 0.479 e. The number of nitrogens with zero attached hydrogens (tertiary/aromatic N) is 1. The van der Waals surface area contributed by atoms with Crippen LogP contribution in [0.3, 0.4) is 0 Å². The molecule has 1 aromatic rings. The van der Waals surface area contributed by atoms with Crippen LogP contribution in [-0.4, -0.2) is 34.6 Å². The van der Waals surface area contributed by atoms with E-state index in [0.29, 0.717) is 0 Å². The molecule has 19 heavy (non-hydrogen) atoms. The predicted octanol–water partition coefficient (Wildman–Crippen LogP) is 1.02. The summed E-state index contributed by atoms with van der Waals surface area (Å²) in [6.07, 6.45) is -1.13. The van der Waals surface area contributed by atoms with Crippen LogP contribution in [0.15, 0.2) is 24.3 Å². The molecule has 0 unspecified atom stereocenters. The quantitative estimate of drug-likeness (QED) is 0.587. The van der Waals surface area contributed by atoms with Crippen LogP contribution in [0.4, 0.5) is 11.4 Å². The standard InChI is InChI=1S/C11H12N2O6/c1-7(11(15)16)19-6-10(14)12-8-4-2-3-5-9(8)13(17)18/h2-5,7H,6H2,1H3,(H,12,14)(H,15,16)/t7-/m0/s1. The Labute approximate surface area is 108 Å². The second-order valence-corrected chi connectivity index (χ2v) is 3.61. The van der Waals surface area contributed by atoms with Gasteiger partial charge in [-0.3, -0.25) is 14.9 Å². The molecule has 1 aromatic carbocycles. The first-order valence-corrected chi connectivity index (χ1v) is 5.29. The van der Waals surface area contributed by atoms with E-state index >= 15 is 0 Å². The molecule has 0 saturated heterocycles. The maximum Gasteiger partial charge on any atom is 0.332 e. The number of carboxylic acids is 1. The second kappa shape index (κ2) is 6.45. The highest BCUT2D eigenvalue weighted by molar-refractivity contribution is 5.94. The fourth-order valence-corrected chi connectivity index (χ4v) is 1.20. The molecule has 0 spiro atoms. The molecule has 0 bridgehead atoms. The number of carbonyl (C=O) groups excluding carboxylic acids is 1. The Balaban J connectivity index is 2.63. The molecule has 1 rings (SSSR count). The summed E-state index contributed by atoms with van der Waals surface area (Å²) in [6, 6.07) is 5.62. The first-order chi connectivity index (χ1) is 8.91. The predicted molar refractivity (Wildman–Crippen MR) is 64.8 cm³/mol. The maximum absolute atomic E-state index is 11.5. The molecule has 2 N–H and O–H groups in total. The van der Waals surface area contributed by atoms with Crippen molar-refractivity contribution in [2.45, 2.75) is 13.0 Å². The van der Waals surface area contributed by atoms with Gasteiger partial charge in [0.1, 0.15) is 12.3 Å². The molecule has 0 aliphatic heterocycles. The molecule has 0 aliphatic rings. The lowest BCUT2D eigenvalue weighted by Crippen LogP contribution is -2.26. The summed E-state index contributed by atoms with van der Waals surface area (Å²) in [5, 5.41) is 21.5. The number of nitro groups is 1. The molecular weight excluding hydrogens is 256 g/mol. The highest BCUT2D eigenvalue weighted by Crippen LogP contribution is 2.22. The van der Waals surface area contributed by atoms with Gasteiger partial charge in [0.05, 0.1) is 4.92 Å². The van der Waals surface area contributed by atoms with Crippen molar-refractivity contribution in [2.75, 3.05) is 11.9 Å². The average Bonchev–Trinajstić information content (AvgIpc) is 2.36. The van der Waals surface area contributed by atoms with Gasteiger partial charge in [0.15, 0.2) is 6.10 Å². The zero-order valence-electron chi connectivity index (χ0n) is 10.0. The Kier molecular flexibility index (Phi) is 4.95. The Morgan fingerprint density at radius 3 is 2.68 bits per heavy atom. The van der Waals surface area contributed by atoms with Crippen LogP contribution in [0, 0.1) is 10.1 Å². The summed E-state index contributed by atoms with van der Waals surface area (Å²) in [6.45, 7) is 0.778. The minimum Gasteiger partial charge on any atom is -0.479 e. The molecule has 1 amide bonds. The number of rotatable bonds is 6. The maximum atomic E-state index is 11.5. The molecule has 0 fully saturated rings. The number of ether oxygens (including phenoxy) is 1. The van der Waals surface area contributed by atoms with Gasteiger partial charge < -0.3 is 15.2 Å². The zero-order chi connectivity index (χ0) is 14.4. The minimum absolute atomic E-state index is 0.0316. The number of hydrogen-bond donors (Lipinski definition) is 2. The first-order valence-electron chi connectivity index (χ1n) is 5.29. The van der Waals surface area contributed by atoms with E-state index in [2.05, 4.69) is 5.32 Å². The van der Waals surface area contributed by atoms with E-state index in [9.17, 15) is 19.7 Å². The van der Waals surface area contributed by atoms with Crippen molar-refractivity contribution >= 4 is 23.3 Å². The molecule has 0 saturated carbocycles. The lowest BCUT2D eigenvalue weighted by molar-refractivity contribution is -0.383. The zero-order valence-corrected chi connectivity index (χ0v) is 10.0. The molecule has 8 heteroatoms. The third-order valence-electron chi connectivity index (χ3n) is 2.19. The fraction of sp³-hybridized carbons (Fsp3) is 0.273. The SMILES string of the molecule is C[C@H](OCC(=O)Nc1ccccc1[N+](=O)[O-])C(=O)O. The van der Waals surface area contributed by atoms with Crippen molar-refractivity contribution in [1.82, 2.24) is 0 Å². The van der Waals surface area contributed by atoms with Gasteiger partial charge in [-0.15, -0.1) is 0 Å². The number of nitrogens with one attached hydrogen (secondary N) is 1. The summed E-state index contributed by atoms with van der Waals surface area (Å²) < 4.78 is 4.76. The van der Waals surface area contributed by atoms with Crippen LogP contribution >= 0.6 is 0 Å². The van der Waals surface area contributed by atoms with Crippen LogP contribution in [0.1, 0.15) is 6.92 Å². The Bertz CT molecular complexity index is 502. The summed E-state index contributed by atoms with van der Waals surface area (Å²) in [5.41, 5.74) is -0.216. The van der Waals surface area contributed by atoms with Crippen molar-refractivity contribution in [3.05, 3.63) is 34.4 Å². The van der Waals surface area contributed by atoms with Crippen LogP contribution < -0.4 is 5.32 Å². The van der Waals surface area contributed by atoms with Crippen LogP contribution in [0.2, 0.25) is 0 Å². The van der Waals surface area contributed by atoms with Crippen molar-refractivity contribution in [3.63, 3.8) is 0 Å². The number of hydrogen-bond acceptors (Lipinski definition) is 5. The number of carbonyl (C=O) groups is 2. The third-order valence-corrected chi connectivity index (χ3v) is 2.19. The Morgan fingerprint density at radius 1 is 1.47 bits per heavy atom. The number of amides is 1. The second-order valence-electron chi connectivity index (χ2n) is 3.61.